The molecule has 4 heterocycles. The van der Waals surface area contributed by atoms with Gasteiger partial charge in [0.2, 0.25) is 0 Å². The molecule has 12 rings (SSSR count). The fraction of sp³-hybridized carbons (Fsp3) is 0. The molecule has 0 fully saturated rings. The number of benzene rings is 8. The summed E-state index contributed by atoms with van der Waals surface area (Å²) in [5, 5.41) is 12.4. The Labute approximate surface area is 299 Å². The number of fused-ring (bicyclic) bond motifs is 14. The molecule has 0 saturated carbocycles. The molecule has 0 amide bonds. The minimum atomic E-state index is 0.848. The van der Waals surface area contributed by atoms with Gasteiger partial charge in [-0.25, -0.2) is 9.97 Å². The molecule has 0 unspecified atom stereocenters. The molecule has 3 nitrogen and oxygen atoms in total. The lowest BCUT2D eigenvalue weighted by atomic mass is 10.0. The Kier molecular flexibility index (Phi) is 5.53. The van der Waals surface area contributed by atoms with E-state index in [1.807, 2.05) is 22.7 Å². The van der Waals surface area contributed by atoms with E-state index in [2.05, 4.69) is 156 Å². The molecular weight excluding hydrogens is 659 g/mol. The first-order valence-electron chi connectivity index (χ1n) is 17.2. The fourth-order valence-electron chi connectivity index (χ4n) is 8.29. The Morgan fingerprint density at radius 3 is 2.06 bits per heavy atom. The van der Waals surface area contributed by atoms with Gasteiger partial charge in [0.15, 0.2) is 5.82 Å². The first-order valence-corrected chi connectivity index (χ1v) is 18.8. The maximum absolute atomic E-state index is 5.66. The number of aromatic nitrogens is 3. The molecule has 0 atom stereocenters. The number of hydrogen-bond acceptors (Lipinski definition) is 4. The second kappa shape index (κ2) is 10.2. The van der Waals surface area contributed by atoms with Crippen molar-refractivity contribution in [2.45, 2.75) is 0 Å². The van der Waals surface area contributed by atoms with Crippen molar-refractivity contribution in [1.29, 1.82) is 0 Å². The molecule has 0 bridgehead atoms. The lowest BCUT2D eigenvalue weighted by Gasteiger charge is -2.15. The molecule has 0 spiro atoms. The minimum Gasteiger partial charge on any atom is -0.292 e. The Balaban J connectivity index is 1.25. The number of hydrogen-bond donors (Lipinski definition) is 0. The van der Waals surface area contributed by atoms with Crippen LogP contribution in [0.2, 0.25) is 0 Å². The first kappa shape index (κ1) is 27.7. The zero-order valence-electron chi connectivity index (χ0n) is 27.1. The number of thiophene rings is 2. The van der Waals surface area contributed by atoms with E-state index in [-0.39, 0.29) is 0 Å². The second-order valence-corrected chi connectivity index (χ2v) is 15.4. The Hall–Kier alpha value is -6.14. The highest BCUT2D eigenvalue weighted by Gasteiger charge is 2.23. The Morgan fingerprint density at radius 2 is 1.16 bits per heavy atom. The quantitative estimate of drug-likeness (QED) is 0.170. The summed E-state index contributed by atoms with van der Waals surface area (Å²) < 4.78 is 7.46. The molecule has 236 valence electrons. The van der Waals surface area contributed by atoms with Crippen LogP contribution in [0, 0.1) is 0 Å². The molecule has 0 aliphatic carbocycles. The molecule has 8 aromatic carbocycles. The van der Waals surface area contributed by atoms with Crippen molar-refractivity contribution in [3.05, 3.63) is 152 Å². The first-order chi connectivity index (χ1) is 25.3. The molecule has 4 aromatic heterocycles. The molecule has 0 N–H and O–H groups in total. The van der Waals surface area contributed by atoms with Crippen molar-refractivity contribution in [1.82, 2.24) is 14.5 Å². The SMILES string of the molecule is c1ccc2c(c1)ccc1nc(-c3cccc4c3sc3ccccc34)c(-n3c4ccccc4c4cc5c(cc43)sc3ccc4ccccc4c35)nc12. The van der Waals surface area contributed by atoms with E-state index < -0.39 is 0 Å². The van der Waals surface area contributed by atoms with Crippen molar-refractivity contribution in [2.75, 3.05) is 0 Å². The van der Waals surface area contributed by atoms with Gasteiger partial charge in [-0.3, -0.25) is 4.57 Å². The van der Waals surface area contributed by atoms with E-state index in [9.17, 15) is 0 Å². The highest BCUT2D eigenvalue weighted by Crippen LogP contribution is 2.45. The molecule has 12 aromatic rings. The van der Waals surface area contributed by atoms with Gasteiger partial charge in [-0.1, -0.05) is 115 Å². The zero-order valence-corrected chi connectivity index (χ0v) is 28.7. The van der Waals surface area contributed by atoms with E-state index in [0.29, 0.717) is 0 Å². The minimum absolute atomic E-state index is 0.848. The molecule has 0 saturated heterocycles. The monoisotopic (exact) mass is 683 g/mol. The van der Waals surface area contributed by atoms with Crippen LogP contribution in [-0.2, 0) is 0 Å². The van der Waals surface area contributed by atoms with Crippen LogP contribution in [-0.4, -0.2) is 14.5 Å². The predicted octanol–water partition coefficient (Wildman–Crippen LogP) is 13.4. The summed E-state index contributed by atoms with van der Waals surface area (Å²) >= 11 is 3.70. The van der Waals surface area contributed by atoms with Gasteiger partial charge in [0.05, 0.1) is 22.1 Å². The van der Waals surface area contributed by atoms with Crippen molar-refractivity contribution in [3.63, 3.8) is 0 Å². The van der Waals surface area contributed by atoms with Gasteiger partial charge in [0, 0.05) is 62.1 Å². The molecule has 51 heavy (non-hydrogen) atoms. The van der Waals surface area contributed by atoms with Gasteiger partial charge in [0.25, 0.3) is 0 Å². The van der Waals surface area contributed by atoms with Crippen LogP contribution in [0.15, 0.2) is 152 Å². The lowest BCUT2D eigenvalue weighted by molar-refractivity contribution is 1.08. The van der Waals surface area contributed by atoms with Crippen molar-refractivity contribution in [2.24, 2.45) is 0 Å². The maximum Gasteiger partial charge on any atom is 0.165 e. The van der Waals surface area contributed by atoms with Crippen LogP contribution < -0.4 is 0 Å². The standard InChI is InChI=1S/C46H25N3S2/c1-3-12-28-26(10-1)21-23-40-42(28)35-24-34-30-14-5-7-18-37(30)49(38(34)25-41(35)50-40)46-44(47-36-22-20-27-11-2-4-13-29(27)43(36)48-46)33-17-9-16-32-31-15-6-8-19-39(31)51-45(32)33/h1-25H. The largest absolute Gasteiger partial charge is 0.292 e. The van der Waals surface area contributed by atoms with Crippen LogP contribution in [0.3, 0.4) is 0 Å². The smallest absolute Gasteiger partial charge is 0.165 e. The van der Waals surface area contributed by atoms with E-state index in [4.69, 9.17) is 9.97 Å². The van der Waals surface area contributed by atoms with Crippen LogP contribution in [0.4, 0.5) is 0 Å². The van der Waals surface area contributed by atoms with Crippen LogP contribution >= 0.6 is 22.7 Å². The third-order valence-electron chi connectivity index (χ3n) is 10.6. The number of nitrogens with zero attached hydrogens (tertiary/aromatic N) is 3. The van der Waals surface area contributed by atoms with Gasteiger partial charge in [-0.2, -0.15) is 0 Å². The molecule has 0 aliphatic rings. The van der Waals surface area contributed by atoms with E-state index in [0.717, 1.165) is 49.9 Å². The summed E-state index contributed by atoms with van der Waals surface area (Å²) in [6.45, 7) is 0. The summed E-state index contributed by atoms with van der Waals surface area (Å²) in [4.78, 5) is 11.2. The van der Waals surface area contributed by atoms with Crippen LogP contribution in [0.25, 0.3) is 112 Å². The average Bonchev–Trinajstić information content (AvgIpc) is 3.85. The van der Waals surface area contributed by atoms with E-state index in [1.165, 1.54) is 61.9 Å². The summed E-state index contributed by atoms with van der Waals surface area (Å²) in [5.74, 6) is 0.848. The predicted molar refractivity (Wildman–Crippen MR) is 220 cm³/mol. The van der Waals surface area contributed by atoms with Crippen molar-refractivity contribution >= 4 is 117 Å². The van der Waals surface area contributed by atoms with Gasteiger partial charge >= 0.3 is 0 Å². The van der Waals surface area contributed by atoms with Gasteiger partial charge < -0.3 is 0 Å². The third kappa shape index (κ3) is 3.82. The number of para-hydroxylation sites is 1. The van der Waals surface area contributed by atoms with Crippen LogP contribution in [0.5, 0.6) is 0 Å². The second-order valence-electron chi connectivity index (χ2n) is 13.3. The van der Waals surface area contributed by atoms with Gasteiger partial charge in [-0.05, 0) is 52.6 Å². The molecular formula is C46H25N3S2. The highest BCUT2D eigenvalue weighted by molar-refractivity contribution is 7.26. The van der Waals surface area contributed by atoms with Crippen molar-refractivity contribution < 1.29 is 0 Å². The van der Waals surface area contributed by atoms with Gasteiger partial charge in [-0.15, -0.1) is 22.7 Å². The lowest BCUT2D eigenvalue weighted by Crippen LogP contribution is -2.04. The van der Waals surface area contributed by atoms with Crippen molar-refractivity contribution in [3.8, 4) is 17.1 Å². The zero-order chi connectivity index (χ0) is 33.2. The third-order valence-corrected chi connectivity index (χ3v) is 12.9. The molecule has 5 heteroatoms. The Bertz CT molecular complexity index is 3440. The fourth-order valence-corrected chi connectivity index (χ4v) is 10.6. The van der Waals surface area contributed by atoms with Gasteiger partial charge in [0.1, 0.15) is 5.69 Å². The topological polar surface area (TPSA) is 30.7 Å². The molecule has 0 aliphatic heterocycles. The van der Waals surface area contributed by atoms with E-state index >= 15 is 0 Å². The molecule has 0 radical (unpaired) electrons. The summed E-state index contributed by atoms with van der Waals surface area (Å²) in [5.41, 5.74) is 6.06. The Morgan fingerprint density at radius 1 is 0.431 bits per heavy atom. The highest BCUT2D eigenvalue weighted by atomic mass is 32.1. The van der Waals surface area contributed by atoms with E-state index in [1.54, 1.807) is 0 Å². The number of rotatable bonds is 2. The summed E-state index contributed by atoms with van der Waals surface area (Å²) in [6, 6.07) is 55.0. The van der Waals surface area contributed by atoms with Crippen LogP contribution in [0.1, 0.15) is 0 Å². The maximum atomic E-state index is 5.66. The average molecular weight is 684 g/mol. The summed E-state index contributed by atoms with van der Waals surface area (Å²) in [6.07, 6.45) is 0. The summed E-state index contributed by atoms with van der Waals surface area (Å²) in [7, 11) is 0. The normalized spacial score (nSPS) is 12.3.